The molecular formula is C5H9NO3. The first-order chi connectivity index (χ1) is 4.43. The number of rotatable bonds is 3. The van der Waals surface area contributed by atoms with E-state index in [1.54, 1.807) is 0 Å². The fourth-order valence-electron chi connectivity index (χ4n) is 0.617. The van der Waals surface area contributed by atoms with Gasteiger partial charge in [0.1, 0.15) is 0 Å². The Hall–Kier alpha value is -0.610. The molecule has 9 heavy (non-hydrogen) atoms. The van der Waals surface area contributed by atoms with E-state index in [1.165, 1.54) is 0 Å². The lowest BCUT2D eigenvalue weighted by Crippen LogP contribution is -2.13. The standard InChI is InChI=1S/C5H9NO3/c1-6-9-4-5-7-2-3-8-5/h5H,1-4H2. The van der Waals surface area contributed by atoms with E-state index in [-0.39, 0.29) is 6.29 Å². The van der Waals surface area contributed by atoms with Gasteiger partial charge in [-0.2, -0.15) is 0 Å². The van der Waals surface area contributed by atoms with Crippen LogP contribution in [0.1, 0.15) is 0 Å². The van der Waals surface area contributed by atoms with Gasteiger partial charge in [0, 0.05) is 6.72 Å². The minimum Gasteiger partial charge on any atom is -0.391 e. The first-order valence-electron chi connectivity index (χ1n) is 2.74. The number of nitrogens with zero attached hydrogens (tertiary/aromatic N) is 1. The first-order valence-corrected chi connectivity index (χ1v) is 2.74. The summed E-state index contributed by atoms with van der Waals surface area (Å²) in [5.41, 5.74) is 0. The second-order valence-electron chi connectivity index (χ2n) is 1.60. The van der Waals surface area contributed by atoms with E-state index in [9.17, 15) is 0 Å². The van der Waals surface area contributed by atoms with Crippen LogP contribution in [0, 0.1) is 0 Å². The molecule has 1 fully saturated rings. The van der Waals surface area contributed by atoms with Gasteiger partial charge in [0.05, 0.1) is 13.2 Å². The van der Waals surface area contributed by atoms with Crippen molar-refractivity contribution in [1.29, 1.82) is 0 Å². The van der Waals surface area contributed by atoms with Crippen LogP contribution < -0.4 is 0 Å². The highest BCUT2D eigenvalue weighted by Crippen LogP contribution is 2.02. The number of hydrogen-bond donors (Lipinski definition) is 0. The van der Waals surface area contributed by atoms with Gasteiger partial charge in [-0.05, 0) is 0 Å². The lowest BCUT2D eigenvalue weighted by Gasteiger charge is -2.04. The van der Waals surface area contributed by atoms with E-state index in [2.05, 4.69) is 16.7 Å². The summed E-state index contributed by atoms with van der Waals surface area (Å²) >= 11 is 0. The molecule has 52 valence electrons. The third kappa shape index (κ3) is 1.99. The van der Waals surface area contributed by atoms with Crippen LogP contribution in [0.5, 0.6) is 0 Å². The molecule has 0 atom stereocenters. The molecule has 0 aliphatic carbocycles. The van der Waals surface area contributed by atoms with Gasteiger partial charge in [-0.3, -0.25) is 0 Å². The van der Waals surface area contributed by atoms with Crippen molar-refractivity contribution in [2.24, 2.45) is 5.16 Å². The highest BCUT2D eigenvalue weighted by atomic mass is 16.7. The van der Waals surface area contributed by atoms with Crippen molar-refractivity contribution >= 4 is 6.72 Å². The summed E-state index contributed by atoms with van der Waals surface area (Å²) in [6.07, 6.45) is -0.240. The average Bonchev–Trinajstić information content (AvgIpc) is 2.34. The Morgan fingerprint density at radius 2 is 2.22 bits per heavy atom. The topological polar surface area (TPSA) is 40.0 Å². The molecular weight excluding hydrogens is 122 g/mol. The van der Waals surface area contributed by atoms with Crippen molar-refractivity contribution in [1.82, 2.24) is 0 Å². The minimum absolute atomic E-state index is 0.240. The summed E-state index contributed by atoms with van der Waals surface area (Å²) in [6, 6.07) is 0. The van der Waals surface area contributed by atoms with Gasteiger partial charge < -0.3 is 14.3 Å². The summed E-state index contributed by atoms with van der Waals surface area (Å²) in [7, 11) is 0. The smallest absolute Gasteiger partial charge is 0.194 e. The zero-order valence-corrected chi connectivity index (χ0v) is 5.08. The predicted octanol–water partition coefficient (Wildman–Crippen LogP) is -0.00850. The van der Waals surface area contributed by atoms with Crippen molar-refractivity contribution in [3.63, 3.8) is 0 Å². The Balaban J connectivity index is 2.04. The van der Waals surface area contributed by atoms with Crippen LogP contribution >= 0.6 is 0 Å². The molecule has 1 heterocycles. The van der Waals surface area contributed by atoms with Crippen LogP contribution in [-0.4, -0.2) is 32.8 Å². The molecule has 0 bridgehead atoms. The molecule has 0 saturated carbocycles. The highest BCUT2D eigenvalue weighted by Gasteiger charge is 2.15. The molecule has 0 aromatic carbocycles. The van der Waals surface area contributed by atoms with Gasteiger partial charge in [-0.25, -0.2) is 0 Å². The lowest BCUT2D eigenvalue weighted by atomic mass is 10.7. The fourth-order valence-corrected chi connectivity index (χ4v) is 0.617. The van der Waals surface area contributed by atoms with Crippen LogP contribution in [0.3, 0.4) is 0 Å². The van der Waals surface area contributed by atoms with Gasteiger partial charge >= 0.3 is 0 Å². The third-order valence-electron chi connectivity index (χ3n) is 0.993. The zero-order chi connectivity index (χ0) is 6.53. The minimum atomic E-state index is -0.240. The first kappa shape index (κ1) is 6.51. The molecule has 1 aliphatic rings. The monoisotopic (exact) mass is 131 g/mol. The maximum absolute atomic E-state index is 5.02. The summed E-state index contributed by atoms with van der Waals surface area (Å²) in [6.45, 7) is 4.76. The van der Waals surface area contributed by atoms with Crippen molar-refractivity contribution in [2.75, 3.05) is 19.8 Å². The number of hydrogen-bond acceptors (Lipinski definition) is 4. The Labute approximate surface area is 53.4 Å². The third-order valence-corrected chi connectivity index (χ3v) is 0.993. The Morgan fingerprint density at radius 1 is 1.56 bits per heavy atom. The van der Waals surface area contributed by atoms with Gasteiger partial charge in [-0.1, -0.05) is 0 Å². The summed E-state index contributed by atoms with van der Waals surface area (Å²) in [5, 5.41) is 3.19. The molecule has 1 saturated heterocycles. The second kappa shape index (κ2) is 3.42. The fraction of sp³-hybridized carbons (Fsp3) is 0.800. The Morgan fingerprint density at radius 3 is 2.78 bits per heavy atom. The number of ether oxygens (including phenoxy) is 2. The summed E-state index contributed by atoms with van der Waals surface area (Å²) in [4.78, 5) is 4.58. The molecule has 0 aromatic rings. The summed E-state index contributed by atoms with van der Waals surface area (Å²) < 4.78 is 10.0. The molecule has 0 N–H and O–H groups in total. The summed E-state index contributed by atoms with van der Waals surface area (Å²) in [5.74, 6) is 0. The van der Waals surface area contributed by atoms with E-state index < -0.39 is 0 Å². The molecule has 1 aliphatic heterocycles. The van der Waals surface area contributed by atoms with Crippen molar-refractivity contribution < 1.29 is 14.3 Å². The molecule has 0 unspecified atom stereocenters. The normalized spacial score (nSPS) is 20.0. The second-order valence-corrected chi connectivity index (χ2v) is 1.60. The van der Waals surface area contributed by atoms with E-state index in [0.29, 0.717) is 19.8 Å². The predicted molar refractivity (Wildman–Crippen MR) is 31.2 cm³/mol. The van der Waals surface area contributed by atoms with E-state index in [4.69, 9.17) is 9.47 Å². The largest absolute Gasteiger partial charge is 0.391 e. The Kier molecular flexibility index (Phi) is 2.48. The molecule has 4 heteroatoms. The van der Waals surface area contributed by atoms with E-state index >= 15 is 0 Å². The van der Waals surface area contributed by atoms with Crippen LogP contribution in [0.15, 0.2) is 5.16 Å². The maximum atomic E-state index is 5.02. The van der Waals surface area contributed by atoms with Crippen molar-refractivity contribution in [2.45, 2.75) is 6.29 Å². The van der Waals surface area contributed by atoms with Gasteiger partial charge in [0.25, 0.3) is 0 Å². The van der Waals surface area contributed by atoms with Crippen LogP contribution in [0.4, 0.5) is 0 Å². The molecule has 0 aromatic heterocycles. The lowest BCUT2D eigenvalue weighted by molar-refractivity contribution is -0.0930. The highest BCUT2D eigenvalue weighted by molar-refractivity contribution is 5.21. The van der Waals surface area contributed by atoms with Gasteiger partial charge in [0.2, 0.25) is 0 Å². The van der Waals surface area contributed by atoms with E-state index in [1.807, 2.05) is 0 Å². The zero-order valence-electron chi connectivity index (χ0n) is 5.08. The molecule has 1 rings (SSSR count). The Bertz CT molecular complexity index is 90.2. The van der Waals surface area contributed by atoms with Crippen molar-refractivity contribution in [3.05, 3.63) is 0 Å². The van der Waals surface area contributed by atoms with Gasteiger partial charge in [0.15, 0.2) is 12.9 Å². The van der Waals surface area contributed by atoms with Crippen LogP contribution in [0.2, 0.25) is 0 Å². The maximum Gasteiger partial charge on any atom is 0.194 e. The molecule has 0 radical (unpaired) electrons. The molecule has 0 spiro atoms. The SMILES string of the molecule is C=NOCC1OCCO1. The average molecular weight is 131 g/mol. The quantitative estimate of drug-likeness (QED) is 0.399. The molecule has 0 amide bonds. The van der Waals surface area contributed by atoms with Gasteiger partial charge in [-0.15, -0.1) is 5.16 Å². The van der Waals surface area contributed by atoms with Crippen LogP contribution in [0.25, 0.3) is 0 Å². The molecule has 4 nitrogen and oxygen atoms in total. The van der Waals surface area contributed by atoms with Crippen LogP contribution in [-0.2, 0) is 14.3 Å². The van der Waals surface area contributed by atoms with E-state index in [0.717, 1.165) is 0 Å². The number of oxime groups is 1. The van der Waals surface area contributed by atoms with Crippen molar-refractivity contribution in [3.8, 4) is 0 Å².